The molecule has 1 aliphatic rings. The number of alkyl halides is 3. The largest absolute Gasteiger partial charge is 0.459 e. The number of hydrogen-bond acceptors (Lipinski definition) is 6. The zero-order valence-corrected chi connectivity index (χ0v) is 27.2. The van der Waals surface area contributed by atoms with Crippen LogP contribution in [0.25, 0.3) is 0 Å². The normalized spacial score (nSPS) is 19.0. The summed E-state index contributed by atoms with van der Waals surface area (Å²) in [7, 11) is -3.93. The number of fused-ring (bicyclic) bond motifs is 1. The second-order valence-corrected chi connectivity index (χ2v) is 15.2. The fraction of sp³-hybridized carbons (Fsp3) is 0.387. The van der Waals surface area contributed by atoms with Gasteiger partial charge in [-0.05, 0) is 59.7 Å². The monoisotopic (exact) mass is 687 g/mol. The lowest BCUT2D eigenvalue weighted by atomic mass is 9.74. The quantitative estimate of drug-likeness (QED) is 0.191. The molecule has 244 valence electrons. The van der Waals surface area contributed by atoms with E-state index in [4.69, 9.17) is 16.3 Å². The van der Waals surface area contributed by atoms with Gasteiger partial charge in [0, 0.05) is 17.7 Å². The van der Waals surface area contributed by atoms with E-state index in [2.05, 4.69) is 0 Å². The SMILES string of the molecule is Cc1ccc(N(C2c3ccccc3CC2OC(=O)CC(O)(CC(C)(C)c2ccc(Cl)cc2S(C)(=O)=O)C(F)(F)F)S(=O)O)cc1. The van der Waals surface area contributed by atoms with E-state index in [1.807, 2.05) is 6.92 Å². The van der Waals surface area contributed by atoms with Crippen LogP contribution in [0.4, 0.5) is 18.9 Å². The average Bonchev–Trinajstić information content (AvgIpc) is 3.25. The molecular formula is C31H33ClF3NO7S2. The first-order valence-corrected chi connectivity index (χ1v) is 17.1. The van der Waals surface area contributed by atoms with Crippen molar-refractivity contribution in [1.82, 2.24) is 0 Å². The van der Waals surface area contributed by atoms with Gasteiger partial charge in [0.2, 0.25) is 0 Å². The molecule has 4 rings (SSSR count). The van der Waals surface area contributed by atoms with E-state index >= 15 is 0 Å². The molecule has 1 aliphatic carbocycles. The van der Waals surface area contributed by atoms with Gasteiger partial charge in [-0.25, -0.2) is 12.6 Å². The van der Waals surface area contributed by atoms with Crippen LogP contribution in [0.15, 0.2) is 71.6 Å². The molecule has 0 saturated heterocycles. The standard InChI is InChI=1S/C31H33ClF3NO7S2/c1-19-9-12-22(13-10-19)36(44(39)40)28-23-8-6-5-7-20(23)15-25(28)43-27(37)17-30(38,31(33,34)35)18-29(2,3)24-14-11-21(32)16-26(24)45(4,41)42/h5-14,16,25,28,38H,15,17-18H2,1-4H3,(H,39,40). The van der Waals surface area contributed by atoms with Gasteiger partial charge < -0.3 is 9.84 Å². The smallest absolute Gasteiger partial charge is 0.417 e. The van der Waals surface area contributed by atoms with E-state index in [-0.39, 0.29) is 21.9 Å². The lowest BCUT2D eigenvalue weighted by Gasteiger charge is -2.38. The van der Waals surface area contributed by atoms with Crippen LogP contribution in [0.3, 0.4) is 0 Å². The van der Waals surface area contributed by atoms with E-state index in [1.165, 1.54) is 26.0 Å². The molecule has 0 fully saturated rings. The van der Waals surface area contributed by atoms with Crippen molar-refractivity contribution < 1.29 is 45.0 Å². The van der Waals surface area contributed by atoms with Crippen LogP contribution in [0.1, 0.15) is 55.0 Å². The van der Waals surface area contributed by atoms with Crippen LogP contribution in [-0.2, 0) is 42.5 Å². The summed E-state index contributed by atoms with van der Waals surface area (Å²) < 4.78 is 98.2. The van der Waals surface area contributed by atoms with Crippen LogP contribution in [-0.4, -0.2) is 52.4 Å². The van der Waals surface area contributed by atoms with E-state index in [1.54, 1.807) is 48.5 Å². The summed E-state index contributed by atoms with van der Waals surface area (Å²) in [6, 6.07) is 16.2. The minimum absolute atomic E-state index is 0.0177. The van der Waals surface area contributed by atoms with Gasteiger partial charge in [0.05, 0.1) is 17.0 Å². The Bertz CT molecular complexity index is 1710. The summed E-state index contributed by atoms with van der Waals surface area (Å²) in [6.45, 7) is 4.48. The number of ether oxygens (including phenoxy) is 1. The lowest BCUT2D eigenvalue weighted by molar-refractivity contribution is -0.270. The number of halogens is 4. The second kappa shape index (κ2) is 12.7. The van der Waals surface area contributed by atoms with Gasteiger partial charge in [-0.1, -0.05) is 73.5 Å². The molecule has 0 amide bonds. The zero-order valence-electron chi connectivity index (χ0n) is 24.8. The highest BCUT2D eigenvalue weighted by Gasteiger charge is 2.58. The van der Waals surface area contributed by atoms with Crippen molar-refractivity contribution in [2.24, 2.45) is 0 Å². The fourth-order valence-corrected chi connectivity index (χ4v) is 7.93. The summed E-state index contributed by atoms with van der Waals surface area (Å²) in [5, 5.41) is 11.1. The molecule has 8 nitrogen and oxygen atoms in total. The maximum Gasteiger partial charge on any atom is 0.417 e. The third kappa shape index (κ3) is 7.54. The topological polar surface area (TPSA) is 121 Å². The number of aliphatic hydroxyl groups is 1. The molecule has 0 aliphatic heterocycles. The molecular weight excluding hydrogens is 655 g/mol. The Morgan fingerprint density at radius 1 is 1.09 bits per heavy atom. The third-order valence-corrected chi connectivity index (χ3v) is 10.1. The number of carbonyl (C=O) groups excluding carboxylic acids is 1. The van der Waals surface area contributed by atoms with E-state index in [9.17, 15) is 40.3 Å². The number of anilines is 1. The Morgan fingerprint density at radius 3 is 2.29 bits per heavy atom. The van der Waals surface area contributed by atoms with Crippen molar-refractivity contribution in [3.8, 4) is 0 Å². The minimum Gasteiger partial charge on any atom is -0.459 e. The van der Waals surface area contributed by atoms with Crippen molar-refractivity contribution >= 4 is 44.4 Å². The summed E-state index contributed by atoms with van der Waals surface area (Å²) in [5.41, 5.74) is -2.82. The lowest BCUT2D eigenvalue weighted by Crippen LogP contribution is -2.51. The molecule has 0 bridgehead atoms. The van der Waals surface area contributed by atoms with Crippen LogP contribution in [0.5, 0.6) is 0 Å². The molecule has 0 saturated carbocycles. The Morgan fingerprint density at radius 2 is 1.71 bits per heavy atom. The summed E-state index contributed by atoms with van der Waals surface area (Å²) >= 11 is 3.35. The van der Waals surface area contributed by atoms with Crippen molar-refractivity contribution in [2.75, 3.05) is 10.6 Å². The maximum atomic E-state index is 14.5. The predicted molar refractivity (Wildman–Crippen MR) is 165 cm³/mol. The molecule has 4 atom stereocenters. The number of aryl methyl sites for hydroxylation is 1. The number of rotatable bonds is 10. The highest BCUT2D eigenvalue weighted by atomic mass is 35.5. The predicted octanol–water partition coefficient (Wildman–Crippen LogP) is 6.26. The molecule has 0 spiro atoms. The maximum absolute atomic E-state index is 14.5. The van der Waals surface area contributed by atoms with Crippen LogP contribution in [0, 0.1) is 6.92 Å². The van der Waals surface area contributed by atoms with E-state index < -0.39 is 69.3 Å². The molecule has 0 radical (unpaired) electrons. The first-order valence-electron chi connectivity index (χ1n) is 13.8. The second-order valence-electron chi connectivity index (χ2n) is 11.9. The summed E-state index contributed by atoms with van der Waals surface area (Å²) in [4.78, 5) is 13.0. The summed E-state index contributed by atoms with van der Waals surface area (Å²) in [5.74, 6) is -1.39. The Hall–Kier alpha value is -2.97. The molecule has 3 aromatic carbocycles. The van der Waals surface area contributed by atoms with Gasteiger partial charge in [-0.15, -0.1) is 0 Å². The summed E-state index contributed by atoms with van der Waals surface area (Å²) in [6.07, 6.45) is -8.15. The highest BCUT2D eigenvalue weighted by molar-refractivity contribution is 7.90. The number of hydrogen-bond donors (Lipinski definition) is 2. The van der Waals surface area contributed by atoms with Crippen molar-refractivity contribution in [1.29, 1.82) is 0 Å². The Balaban J connectivity index is 1.66. The van der Waals surface area contributed by atoms with Crippen molar-refractivity contribution in [3.05, 3.63) is 94.0 Å². The number of esters is 1. The van der Waals surface area contributed by atoms with Crippen LogP contribution >= 0.6 is 11.6 Å². The molecule has 0 heterocycles. The van der Waals surface area contributed by atoms with Crippen molar-refractivity contribution in [2.45, 2.75) is 74.3 Å². The third-order valence-electron chi connectivity index (χ3n) is 7.91. The first kappa shape index (κ1) is 34.9. The van der Waals surface area contributed by atoms with Gasteiger partial charge in [-0.2, -0.15) is 13.2 Å². The fourth-order valence-electron chi connectivity index (χ4n) is 5.86. The number of benzene rings is 3. The zero-order chi connectivity index (χ0) is 33.5. The van der Waals surface area contributed by atoms with Gasteiger partial charge in [-0.3, -0.25) is 13.7 Å². The minimum atomic E-state index is -5.32. The Kier molecular flexibility index (Phi) is 9.83. The van der Waals surface area contributed by atoms with Gasteiger partial charge in [0.25, 0.3) is 11.3 Å². The molecule has 2 N–H and O–H groups in total. The van der Waals surface area contributed by atoms with Gasteiger partial charge in [0.1, 0.15) is 12.1 Å². The molecule has 14 heteroatoms. The first-order chi connectivity index (χ1) is 20.7. The number of sulfone groups is 1. The van der Waals surface area contributed by atoms with E-state index in [0.717, 1.165) is 22.2 Å². The number of nitrogens with zero attached hydrogens (tertiary/aromatic N) is 1. The molecule has 3 aromatic rings. The average molecular weight is 688 g/mol. The van der Waals surface area contributed by atoms with E-state index in [0.29, 0.717) is 16.8 Å². The van der Waals surface area contributed by atoms with Crippen LogP contribution in [0.2, 0.25) is 5.02 Å². The molecule has 45 heavy (non-hydrogen) atoms. The molecule has 0 aromatic heterocycles. The highest BCUT2D eigenvalue weighted by Crippen LogP contribution is 2.46. The van der Waals surface area contributed by atoms with Crippen LogP contribution < -0.4 is 4.31 Å². The van der Waals surface area contributed by atoms with Crippen molar-refractivity contribution in [3.63, 3.8) is 0 Å². The molecule has 4 unspecified atom stereocenters. The van der Waals surface area contributed by atoms with Gasteiger partial charge >= 0.3 is 12.1 Å². The van der Waals surface area contributed by atoms with Gasteiger partial charge in [0.15, 0.2) is 15.4 Å². The Labute approximate surface area is 267 Å². The number of carbonyl (C=O) groups is 1.